The smallest absolute Gasteiger partial charge is 0.266 e. The Morgan fingerprint density at radius 2 is 1.49 bits per heavy atom. The number of nitrogens with one attached hydrogen (secondary N) is 4. The third-order valence-electron chi connectivity index (χ3n) is 4.54. The van der Waals surface area contributed by atoms with Gasteiger partial charge in [0.2, 0.25) is 5.91 Å². The summed E-state index contributed by atoms with van der Waals surface area (Å²) in [5, 5.41) is 2.51. The Hall–Kier alpha value is -3.94. The first kappa shape index (κ1) is 25.7. The largest absolute Gasteiger partial charge is 0.495 e. The molecule has 0 heterocycles. The van der Waals surface area contributed by atoms with Gasteiger partial charge in [0, 0.05) is 18.2 Å². The SMILES string of the molecule is COc1ccccc1NS(=O)(=O)c1cccc(C(=O)NNS(=O)(=O)c2ccc(NC(C)=O)cc2)c1. The quantitative estimate of drug-likeness (QED) is 0.316. The van der Waals surface area contributed by atoms with Gasteiger partial charge in [-0.05, 0) is 54.6 Å². The number of rotatable bonds is 9. The van der Waals surface area contributed by atoms with Crippen LogP contribution in [0.25, 0.3) is 0 Å². The lowest BCUT2D eigenvalue weighted by molar-refractivity contribution is -0.114. The van der Waals surface area contributed by atoms with Gasteiger partial charge in [0.15, 0.2) is 0 Å². The number of amides is 2. The summed E-state index contributed by atoms with van der Waals surface area (Å²) in [6.45, 7) is 1.32. The highest BCUT2D eigenvalue weighted by Crippen LogP contribution is 2.26. The molecule has 0 bridgehead atoms. The van der Waals surface area contributed by atoms with E-state index in [-0.39, 0.29) is 26.9 Å². The molecule has 184 valence electrons. The molecule has 3 aromatic carbocycles. The minimum Gasteiger partial charge on any atom is -0.495 e. The number of ether oxygens (including phenoxy) is 1. The summed E-state index contributed by atoms with van der Waals surface area (Å²) in [7, 11) is -6.81. The van der Waals surface area contributed by atoms with Crippen LogP contribution in [0.2, 0.25) is 0 Å². The topological polar surface area (TPSA) is 160 Å². The average Bonchev–Trinajstić information content (AvgIpc) is 2.83. The zero-order valence-corrected chi connectivity index (χ0v) is 20.2. The Labute approximate surface area is 202 Å². The van der Waals surface area contributed by atoms with E-state index in [0.29, 0.717) is 11.4 Å². The van der Waals surface area contributed by atoms with E-state index in [1.54, 1.807) is 18.2 Å². The Morgan fingerprint density at radius 1 is 0.800 bits per heavy atom. The van der Waals surface area contributed by atoms with E-state index in [9.17, 15) is 26.4 Å². The maximum atomic E-state index is 12.8. The number of sulfonamides is 2. The van der Waals surface area contributed by atoms with Gasteiger partial charge in [-0.3, -0.25) is 19.7 Å². The van der Waals surface area contributed by atoms with E-state index < -0.39 is 26.0 Å². The molecule has 3 rings (SSSR count). The molecule has 0 aliphatic heterocycles. The Bertz CT molecular complexity index is 1460. The molecular formula is C22H22N4O7S2. The molecule has 0 aromatic heterocycles. The summed E-state index contributed by atoms with van der Waals surface area (Å²) in [4.78, 5) is 25.2. The minimum absolute atomic E-state index is 0.100. The second kappa shape index (κ2) is 10.5. The van der Waals surface area contributed by atoms with Crippen molar-refractivity contribution in [1.29, 1.82) is 0 Å². The molecule has 11 nitrogen and oxygen atoms in total. The van der Waals surface area contributed by atoms with Gasteiger partial charge in [-0.25, -0.2) is 16.8 Å². The molecule has 0 saturated carbocycles. The zero-order chi connectivity index (χ0) is 25.6. The van der Waals surface area contributed by atoms with Crippen molar-refractivity contribution in [2.45, 2.75) is 16.7 Å². The molecular weight excluding hydrogens is 496 g/mol. The van der Waals surface area contributed by atoms with Gasteiger partial charge in [0.25, 0.3) is 26.0 Å². The number of anilines is 2. The van der Waals surface area contributed by atoms with Crippen LogP contribution in [0.3, 0.4) is 0 Å². The summed E-state index contributed by atoms with van der Waals surface area (Å²) in [6, 6.07) is 16.7. The third kappa shape index (κ3) is 6.56. The van der Waals surface area contributed by atoms with E-state index in [1.165, 1.54) is 62.6 Å². The van der Waals surface area contributed by atoms with Crippen molar-refractivity contribution in [3.05, 3.63) is 78.4 Å². The predicted molar refractivity (Wildman–Crippen MR) is 129 cm³/mol. The number of hydrogen-bond acceptors (Lipinski definition) is 7. The van der Waals surface area contributed by atoms with Crippen molar-refractivity contribution in [3.8, 4) is 5.75 Å². The first-order valence-corrected chi connectivity index (χ1v) is 12.9. The Morgan fingerprint density at radius 3 is 2.14 bits per heavy atom. The molecule has 35 heavy (non-hydrogen) atoms. The fraction of sp³-hybridized carbons (Fsp3) is 0.0909. The Kier molecular flexibility index (Phi) is 7.74. The van der Waals surface area contributed by atoms with Gasteiger partial charge in [-0.15, -0.1) is 4.83 Å². The standard InChI is InChI=1S/C22H22N4O7S2/c1-15(27)23-17-10-12-18(13-11-17)35(31,32)26-24-22(28)16-6-5-7-19(14-16)34(29,30)25-20-8-3-4-9-21(20)33-2/h3-14,25-26H,1-2H3,(H,23,27)(H,24,28). The van der Waals surface area contributed by atoms with Crippen LogP contribution in [0.1, 0.15) is 17.3 Å². The van der Waals surface area contributed by atoms with E-state index >= 15 is 0 Å². The molecule has 0 saturated heterocycles. The van der Waals surface area contributed by atoms with Crippen molar-refractivity contribution in [2.24, 2.45) is 0 Å². The highest BCUT2D eigenvalue weighted by Gasteiger charge is 2.20. The number of hydrazine groups is 1. The van der Waals surface area contributed by atoms with Crippen LogP contribution in [0.15, 0.2) is 82.6 Å². The monoisotopic (exact) mass is 518 g/mol. The molecule has 0 aliphatic carbocycles. The van der Waals surface area contributed by atoms with Crippen LogP contribution in [-0.4, -0.2) is 35.8 Å². The van der Waals surface area contributed by atoms with Crippen LogP contribution in [0, 0.1) is 0 Å². The third-order valence-corrected chi connectivity index (χ3v) is 7.17. The first-order chi connectivity index (χ1) is 16.5. The molecule has 0 fully saturated rings. The van der Waals surface area contributed by atoms with Gasteiger partial charge in [-0.1, -0.05) is 18.2 Å². The van der Waals surface area contributed by atoms with Crippen molar-refractivity contribution < 1.29 is 31.2 Å². The fourth-order valence-electron chi connectivity index (χ4n) is 2.90. The number of benzene rings is 3. The van der Waals surface area contributed by atoms with Gasteiger partial charge in [-0.2, -0.15) is 0 Å². The summed E-state index contributed by atoms with van der Waals surface area (Å²) in [5.74, 6) is -0.879. The van der Waals surface area contributed by atoms with E-state index in [1.807, 2.05) is 10.3 Å². The van der Waals surface area contributed by atoms with Crippen molar-refractivity contribution >= 4 is 43.2 Å². The van der Waals surface area contributed by atoms with Gasteiger partial charge in [0.05, 0.1) is 22.6 Å². The molecule has 0 atom stereocenters. The van der Waals surface area contributed by atoms with E-state index in [4.69, 9.17) is 4.74 Å². The van der Waals surface area contributed by atoms with Crippen LogP contribution < -0.4 is 25.0 Å². The second-order valence-corrected chi connectivity index (χ2v) is 10.5. The first-order valence-electron chi connectivity index (χ1n) is 9.97. The summed E-state index contributed by atoms with van der Waals surface area (Å²) in [5.41, 5.74) is 2.56. The Balaban J connectivity index is 1.72. The average molecular weight is 519 g/mol. The van der Waals surface area contributed by atoms with Crippen LogP contribution >= 0.6 is 0 Å². The maximum Gasteiger partial charge on any atom is 0.266 e. The lowest BCUT2D eigenvalue weighted by Crippen LogP contribution is -2.41. The van der Waals surface area contributed by atoms with Crippen molar-refractivity contribution in [2.75, 3.05) is 17.1 Å². The molecule has 4 N–H and O–H groups in total. The maximum absolute atomic E-state index is 12.8. The normalized spacial score (nSPS) is 11.4. The molecule has 13 heteroatoms. The fourth-order valence-corrected chi connectivity index (χ4v) is 4.86. The number of hydrogen-bond donors (Lipinski definition) is 4. The number of methoxy groups -OCH3 is 1. The highest BCUT2D eigenvalue weighted by atomic mass is 32.2. The number of carbonyl (C=O) groups excluding carboxylic acids is 2. The summed E-state index contributed by atoms with van der Waals surface area (Å²) >= 11 is 0. The van der Waals surface area contributed by atoms with Gasteiger partial charge in [0.1, 0.15) is 5.75 Å². The molecule has 2 amide bonds. The summed E-state index contributed by atoms with van der Waals surface area (Å²) < 4.78 is 58.1. The van der Waals surface area contributed by atoms with Crippen LogP contribution in [0.4, 0.5) is 11.4 Å². The molecule has 0 spiro atoms. The van der Waals surface area contributed by atoms with Crippen molar-refractivity contribution in [3.63, 3.8) is 0 Å². The van der Waals surface area contributed by atoms with Crippen molar-refractivity contribution in [1.82, 2.24) is 10.3 Å². The minimum atomic E-state index is -4.13. The highest BCUT2D eigenvalue weighted by molar-refractivity contribution is 7.92. The van der Waals surface area contributed by atoms with E-state index in [0.717, 1.165) is 6.07 Å². The predicted octanol–water partition coefficient (Wildman–Crippen LogP) is 2.08. The van der Waals surface area contributed by atoms with Gasteiger partial charge < -0.3 is 10.1 Å². The van der Waals surface area contributed by atoms with Crippen LogP contribution in [0.5, 0.6) is 5.75 Å². The lowest BCUT2D eigenvalue weighted by Gasteiger charge is -2.13. The van der Waals surface area contributed by atoms with Crippen LogP contribution in [-0.2, 0) is 24.8 Å². The molecule has 3 aromatic rings. The summed E-state index contributed by atoms with van der Waals surface area (Å²) in [6.07, 6.45) is 0. The zero-order valence-electron chi connectivity index (χ0n) is 18.6. The molecule has 0 aliphatic rings. The van der Waals surface area contributed by atoms with Gasteiger partial charge >= 0.3 is 0 Å². The second-order valence-electron chi connectivity index (χ2n) is 7.10. The van der Waals surface area contributed by atoms with E-state index in [2.05, 4.69) is 10.0 Å². The lowest BCUT2D eigenvalue weighted by atomic mass is 10.2. The number of para-hydroxylation sites is 2. The molecule has 0 unspecified atom stereocenters. The number of carbonyl (C=O) groups is 2. The molecule has 0 radical (unpaired) electrons.